The van der Waals surface area contributed by atoms with Gasteiger partial charge in [0.2, 0.25) is 5.88 Å². The Morgan fingerprint density at radius 3 is 2.75 bits per heavy atom. The Morgan fingerprint density at radius 1 is 1.18 bits per heavy atom. The fourth-order valence-corrected chi connectivity index (χ4v) is 6.84. The molecule has 4 atom stereocenters. The minimum Gasteiger partial charge on any atom is -0.508 e. The summed E-state index contributed by atoms with van der Waals surface area (Å²) in [6.45, 7) is 1.23. The number of aliphatic hydroxyl groups is 1. The molecule has 3 N–H and O–H groups in total. The summed E-state index contributed by atoms with van der Waals surface area (Å²) in [5.41, 5.74) is -1.07. The zero-order valence-corrected chi connectivity index (χ0v) is 23.9. The first-order valence-corrected chi connectivity index (χ1v) is 14.6. The summed E-state index contributed by atoms with van der Waals surface area (Å²) in [5, 5.41) is 24.6. The lowest BCUT2D eigenvalue weighted by Gasteiger charge is -2.34. The average Bonchev–Trinajstić information content (AvgIpc) is 3.53. The highest BCUT2D eigenvalue weighted by Crippen LogP contribution is 2.43. The molecule has 0 radical (unpaired) electrons. The lowest BCUT2D eigenvalue weighted by Crippen LogP contribution is -2.44. The van der Waals surface area contributed by atoms with Crippen molar-refractivity contribution >= 4 is 27.5 Å². The van der Waals surface area contributed by atoms with Crippen molar-refractivity contribution in [3.8, 4) is 41.2 Å². The van der Waals surface area contributed by atoms with Gasteiger partial charge in [-0.25, -0.2) is 18.2 Å². The number of terminal acetylenes is 1. The van der Waals surface area contributed by atoms with E-state index in [1.54, 1.807) is 0 Å². The topological polar surface area (TPSA) is 113 Å². The van der Waals surface area contributed by atoms with Gasteiger partial charge in [-0.05, 0) is 55.8 Å². The van der Waals surface area contributed by atoms with E-state index in [4.69, 9.17) is 15.9 Å². The van der Waals surface area contributed by atoms with Crippen molar-refractivity contribution in [3.63, 3.8) is 0 Å². The number of fused-ring (bicyclic) bond motifs is 3. The fraction of sp³-hybridized carbons (Fsp3) is 0.406. The zero-order valence-electron chi connectivity index (χ0n) is 23.9. The number of hydrogen-bond donors (Lipinski definition) is 3. The van der Waals surface area contributed by atoms with Gasteiger partial charge in [0.1, 0.15) is 46.8 Å². The van der Waals surface area contributed by atoms with E-state index in [2.05, 4.69) is 31.1 Å². The smallest absolute Gasteiger partial charge is 0.319 e. The van der Waals surface area contributed by atoms with Crippen molar-refractivity contribution < 1.29 is 32.9 Å². The second kappa shape index (κ2) is 10.7. The van der Waals surface area contributed by atoms with Crippen LogP contribution in [0, 0.1) is 24.0 Å². The third-order valence-electron chi connectivity index (χ3n) is 9.17. The maximum atomic E-state index is 16.7. The second-order valence-corrected chi connectivity index (χ2v) is 11.8. The van der Waals surface area contributed by atoms with Crippen molar-refractivity contribution in [2.24, 2.45) is 0 Å². The Kier molecular flexibility index (Phi) is 6.90. The predicted molar refractivity (Wildman–Crippen MR) is 158 cm³/mol. The molecule has 44 heavy (non-hydrogen) atoms. The fourth-order valence-electron chi connectivity index (χ4n) is 6.84. The zero-order chi connectivity index (χ0) is 30.7. The van der Waals surface area contributed by atoms with E-state index in [9.17, 15) is 19.0 Å². The highest BCUT2D eigenvalue weighted by atomic mass is 19.1. The van der Waals surface area contributed by atoms with Crippen LogP contribution in [0.2, 0.25) is 0 Å². The standard InChI is InChI=1S/C32H30F3N5O4/c1-3-19-21(34)6-5-16-11-18(41)12-20(24(16)19)27-26(35)28-25(30(37-27)43-2)29(36-22-7-8-23(22)42)39-31(38-28)44-15-32-9-4-10-40(32)14-17(33)13-32/h1,5-6,11-12,17,22-23,41-42H,4,7-10,13-15H2,2H3,(H,36,38,39)/t17-,22-,23+,32+/m1/s1. The van der Waals surface area contributed by atoms with Crippen LogP contribution in [0.25, 0.3) is 32.9 Å². The van der Waals surface area contributed by atoms with Crippen molar-refractivity contribution in [3.05, 3.63) is 41.5 Å². The monoisotopic (exact) mass is 605 g/mol. The number of hydrogen-bond acceptors (Lipinski definition) is 9. The third kappa shape index (κ3) is 4.53. The molecule has 0 unspecified atom stereocenters. The van der Waals surface area contributed by atoms with E-state index in [-0.39, 0.29) is 69.2 Å². The van der Waals surface area contributed by atoms with E-state index in [1.807, 2.05) is 0 Å². The largest absolute Gasteiger partial charge is 0.508 e. The quantitative estimate of drug-likeness (QED) is 0.258. The van der Waals surface area contributed by atoms with Crippen LogP contribution < -0.4 is 14.8 Å². The molecule has 4 aromatic rings. The van der Waals surface area contributed by atoms with Crippen LogP contribution in [0.1, 0.15) is 37.7 Å². The molecule has 2 aliphatic heterocycles. The third-order valence-corrected chi connectivity index (χ3v) is 9.17. The van der Waals surface area contributed by atoms with Crippen LogP contribution in [-0.2, 0) is 0 Å². The number of phenols is 1. The lowest BCUT2D eigenvalue weighted by atomic mass is 9.89. The number of methoxy groups -OCH3 is 1. The molecule has 2 aromatic heterocycles. The number of aromatic nitrogens is 3. The summed E-state index contributed by atoms with van der Waals surface area (Å²) in [6, 6.07) is 4.76. The van der Waals surface area contributed by atoms with Gasteiger partial charge in [0.05, 0.1) is 30.4 Å². The Balaban J connectivity index is 1.41. The maximum absolute atomic E-state index is 16.7. The van der Waals surface area contributed by atoms with Crippen LogP contribution >= 0.6 is 0 Å². The number of nitrogens with one attached hydrogen (secondary N) is 1. The van der Waals surface area contributed by atoms with Crippen molar-refractivity contribution in [2.75, 3.05) is 32.1 Å². The Labute approximate surface area is 251 Å². The van der Waals surface area contributed by atoms with Gasteiger partial charge in [0.15, 0.2) is 5.82 Å². The molecular weight excluding hydrogens is 575 g/mol. The molecule has 7 rings (SSSR count). The van der Waals surface area contributed by atoms with Gasteiger partial charge in [-0.1, -0.05) is 12.0 Å². The minimum atomic E-state index is -0.959. The second-order valence-electron chi connectivity index (χ2n) is 11.8. The van der Waals surface area contributed by atoms with Crippen molar-refractivity contribution in [1.82, 2.24) is 19.9 Å². The summed E-state index contributed by atoms with van der Waals surface area (Å²) >= 11 is 0. The molecule has 0 spiro atoms. The van der Waals surface area contributed by atoms with E-state index < -0.39 is 29.4 Å². The van der Waals surface area contributed by atoms with Crippen molar-refractivity contribution in [2.45, 2.75) is 56.0 Å². The van der Waals surface area contributed by atoms with Crippen LogP contribution in [0.4, 0.5) is 19.0 Å². The number of alkyl halides is 1. The van der Waals surface area contributed by atoms with E-state index in [0.717, 1.165) is 19.4 Å². The number of aliphatic hydroxyl groups excluding tert-OH is 1. The number of pyridine rings is 1. The first kappa shape index (κ1) is 28.4. The van der Waals surface area contributed by atoms with Gasteiger partial charge in [-0.3, -0.25) is 4.90 Å². The molecule has 1 saturated carbocycles. The Morgan fingerprint density at radius 2 is 2.02 bits per heavy atom. The summed E-state index contributed by atoms with van der Waals surface area (Å²) in [5.74, 6) is 0.619. The normalized spacial score (nSPS) is 24.7. The van der Waals surface area contributed by atoms with Gasteiger partial charge in [0, 0.05) is 23.9 Å². The highest BCUT2D eigenvalue weighted by molar-refractivity contribution is 6.04. The number of anilines is 1. The minimum absolute atomic E-state index is 0.0376. The van der Waals surface area contributed by atoms with Gasteiger partial charge < -0.3 is 25.0 Å². The molecule has 4 heterocycles. The molecule has 3 aliphatic rings. The molecule has 9 nitrogen and oxygen atoms in total. The number of phenolic OH excluding ortho intramolecular Hbond substituents is 1. The van der Waals surface area contributed by atoms with E-state index in [0.29, 0.717) is 31.2 Å². The molecule has 0 bridgehead atoms. The molecule has 228 valence electrons. The molecule has 12 heteroatoms. The van der Waals surface area contributed by atoms with Crippen LogP contribution in [0.15, 0.2) is 24.3 Å². The predicted octanol–water partition coefficient (Wildman–Crippen LogP) is 4.71. The number of benzene rings is 2. The maximum Gasteiger partial charge on any atom is 0.319 e. The Hall–Kier alpha value is -4.34. The Bertz CT molecular complexity index is 1850. The highest BCUT2D eigenvalue weighted by Gasteiger charge is 2.49. The first-order chi connectivity index (χ1) is 21.2. The van der Waals surface area contributed by atoms with Crippen LogP contribution in [0.3, 0.4) is 0 Å². The number of halogens is 3. The van der Waals surface area contributed by atoms with Crippen molar-refractivity contribution in [1.29, 1.82) is 0 Å². The number of aromatic hydroxyl groups is 1. The van der Waals surface area contributed by atoms with Gasteiger partial charge in [0.25, 0.3) is 0 Å². The molecule has 0 amide bonds. The molecule has 1 aliphatic carbocycles. The number of ether oxygens (including phenoxy) is 2. The average molecular weight is 606 g/mol. The summed E-state index contributed by atoms with van der Waals surface area (Å²) in [6.07, 6.45) is 7.32. The summed E-state index contributed by atoms with van der Waals surface area (Å²) < 4.78 is 57.6. The number of nitrogens with zero attached hydrogens (tertiary/aromatic N) is 4. The van der Waals surface area contributed by atoms with Crippen LogP contribution in [-0.4, -0.2) is 80.7 Å². The molecule has 2 aromatic carbocycles. The number of rotatable bonds is 7. The molecule has 2 saturated heterocycles. The lowest BCUT2D eigenvalue weighted by molar-refractivity contribution is 0.0783. The van der Waals surface area contributed by atoms with Crippen LogP contribution in [0.5, 0.6) is 17.6 Å². The first-order valence-electron chi connectivity index (χ1n) is 14.6. The van der Waals surface area contributed by atoms with Gasteiger partial charge >= 0.3 is 6.01 Å². The summed E-state index contributed by atoms with van der Waals surface area (Å²) in [4.78, 5) is 15.5. The van der Waals surface area contributed by atoms with E-state index >= 15 is 4.39 Å². The molecular formula is C32H30F3N5O4. The summed E-state index contributed by atoms with van der Waals surface area (Å²) in [7, 11) is 1.35. The molecule has 3 fully saturated rings. The SMILES string of the molecule is C#Cc1c(F)ccc2cc(O)cc(-c3nc(OC)c4c(N[C@@H]5CC[C@@H]5O)nc(OC[C@@]56CCCN5C[C@H](F)C6)nc4c3F)c12. The van der Waals surface area contributed by atoms with Gasteiger partial charge in [-0.15, -0.1) is 6.42 Å². The van der Waals surface area contributed by atoms with E-state index in [1.165, 1.54) is 31.4 Å². The van der Waals surface area contributed by atoms with Gasteiger partial charge in [-0.2, -0.15) is 9.97 Å².